The molecule has 1 aromatic carbocycles. The molecule has 2 aromatic rings. The highest BCUT2D eigenvalue weighted by atomic mass is 16.2. The number of nitrogens with one attached hydrogen (secondary N) is 4. The van der Waals surface area contributed by atoms with Gasteiger partial charge in [-0.3, -0.25) is 25.2 Å². The van der Waals surface area contributed by atoms with Gasteiger partial charge < -0.3 is 10.3 Å². The first kappa shape index (κ1) is 18.0. The Kier molecular flexibility index (Phi) is 5.88. The second-order valence-electron chi connectivity index (χ2n) is 6.69. The zero-order valence-electron chi connectivity index (χ0n) is 14.6. The molecule has 0 atom stereocenters. The Hall–Kier alpha value is -2.83. The highest BCUT2D eigenvalue weighted by Crippen LogP contribution is 2.23. The van der Waals surface area contributed by atoms with Crippen molar-refractivity contribution in [1.29, 1.82) is 0 Å². The molecule has 1 aromatic heterocycles. The summed E-state index contributed by atoms with van der Waals surface area (Å²) in [5.74, 6) is -0.832. The summed E-state index contributed by atoms with van der Waals surface area (Å²) in [6.45, 7) is -0.136. The number of H-pyrrole nitrogens is 1. The van der Waals surface area contributed by atoms with Gasteiger partial charge in [-0.2, -0.15) is 0 Å². The molecule has 7 heteroatoms. The average molecular weight is 356 g/mol. The van der Waals surface area contributed by atoms with Crippen molar-refractivity contribution < 1.29 is 14.4 Å². The van der Waals surface area contributed by atoms with Crippen molar-refractivity contribution >= 4 is 28.6 Å². The summed E-state index contributed by atoms with van der Waals surface area (Å²) >= 11 is 0. The summed E-state index contributed by atoms with van der Waals surface area (Å²) in [5.41, 5.74) is 6.54. The summed E-state index contributed by atoms with van der Waals surface area (Å²) in [7, 11) is 0. The lowest BCUT2D eigenvalue weighted by molar-refractivity contribution is -0.131. The quantitative estimate of drug-likeness (QED) is 0.611. The summed E-state index contributed by atoms with van der Waals surface area (Å²) < 4.78 is 0. The van der Waals surface area contributed by atoms with Crippen molar-refractivity contribution in [3.63, 3.8) is 0 Å². The first-order valence-electron chi connectivity index (χ1n) is 9.04. The number of carbonyl (C=O) groups is 3. The van der Waals surface area contributed by atoms with Crippen LogP contribution in [-0.2, 0) is 20.8 Å². The molecule has 1 fully saturated rings. The van der Waals surface area contributed by atoms with E-state index in [1.807, 2.05) is 24.3 Å². The first-order chi connectivity index (χ1) is 12.6. The Morgan fingerprint density at radius 3 is 2.54 bits per heavy atom. The van der Waals surface area contributed by atoms with Gasteiger partial charge in [0.25, 0.3) is 5.91 Å². The Morgan fingerprint density at radius 1 is 1.00 bits per heavy atom. The van der Waals surface area contributed by atoms with Crippen molar-refractivity contribution in [3.05, 3.63) is 36.0 Å². The van der Waals surface area contributed by atoms with Gasteiger partial charge in [0, 0.05) is 23.0 Å². The van der Waals surface area contributed by atoms with Crippen molar-refractivity contribution in [2.24, 2.45) is 5.92 Å². The number of aromatic nitrogens is 1. The minimum Gasteiger partial charge on any atom is -0.361 e. The topological polar surface area (TPSA) is 103 Å². The van der Waals surface area contributed by atoms with E-state index in [4.69, 9.17) is 0 Å². The van der Waals surface area contributed by atoms with Crippen molar-refractivity contribution in [2.45, 2.75) is 38.5 Å². The Morgan fingerprint density at radius 2 is 1.73 bits per heavy atom. The van der Waals surface area contributed by atoms with Gasteiger partial charge in [0.2, 0.25) is 11.8 Å². The lowest BCUT2D eigenvalue weighted by atomic mass is 9.89. The van der Waals surface area contributed by atoms with E-state index in [2.05, 4.69) is 21.2 Å². The maximum absolute atomic E-state index is 12.0. The van der Waals surface area contributed by atoms with Crippen LogP contribution in [0.1, 0.15) is 37.7 Å². The van der Waals surface area contributed by atoms with Gasteiger partial charge in [-0.15, -0.1) is 0 Å². The van der Waals surface area contributed by atoms with Crippen LogP contribution in [0.15, 0.2) is 30.5 Å². The van der Waals surface area contributed by atoms with Crippen LogP contribution in [0, 0.1) is 5.92 Å². The number of fused-ring (bicyclic) bond motifs is 1. The molecular weight excluding hydrogens is 332 g/mol. The molecule has 0 aliphatic heterocycles. The largest absolute Gasteiger partial charge is 0.361 e. The predicted octanol–water partition coefficient (Wildman–Crippen LogP) is 1.55. The molecule has 3 rings (SSSR count). The smallest absolute Gasteiger partial charge is 0.257 e. The third-order valence-electron chi connectivity index (χ3n) is 4.77. The summed E-state index contributed by atoms with van der Waals surface area (Å²) in [6, 6.07) is 7.71. The number of amides is 3. The molecule has 138 valence electrons. The molecule has 7 nitrogen and oxygen atoms in total. The number of rotatable bonds is 5. The van der Waals surface area contributed by atoms with E-state index < -0.39 is 5.91 Å². The molecule has 1 saturated carbocycles. The summed E-state index contributed by atoms with van der Waals surface area (Å²) in [5, 5.41) is 3.62. The number of hydrazine groups is 1. The molecular formula is C19H24N4O3. The van der Waals surface area contributed by atoms with Crippen LogP contribution in [0.25, 0.3) is 10.9 Å². The number of hydrogen-bond donors (Lipinski definition) is 4. The van der Waals surface area contributed by atoms with Gasteiger partial charge in [0.1, 0.15) is 0 Å². The van der Waals surface area contributed by atoms with Gasteiger partial charge in [-0.25, -0.2) is 0 Å². The minimum absolute atomic E-state index is 0.00742. The highest BCUT2D eigenvalue weighted by Gasteiger charge is 2.21. The maximum Gasteiger partial charge on any atom is 0.257 e. The Bertz CT molecular complexity index is 793. The average Bonchev–Trinajstić information content (AvgIpc) is 3.08. The van der Waals surface area contributed by atoms with Crippen LogP contribution in [0.5, 0.6) is 0 Å². The van der Waals surface area contributed by atoms with E-state index in [-0.39, 0.29) is 30.7 Å². The Balaban J connectivity index is 1.39. The number of para-hydroxylation sites is 1. The third-order valence-corrected chi connectivity index (χ3v) is 4.77. The van der Waals surface area contributed by atoms with Crippen LogP contribution < -0.4 is 16.2 Å². The number of hydrogen-bond acceptors (Lipinski definition) is 3. The van der Waals surface area contributed by atoms with Gasteiger partial charge in [-0.1, -0.05) is 37.5 Å². The fourth-order valence-corrected chi connectivity index (χ4v) is 3.36. The van der Waals surface area contributed by atoms with Crippen molar-refractivity contribution in [3.8, 4) is 0 Å². The first-order valence-corrected chi connectivity index (χ1v) is 9.04. The fourth-order valence-electron chi connectivity index (χ4n) is 3.36. The van der Waals surface area contributed by atoms with E-state index in [1.54, 1.807) is 6.20 Å². The number of benzene rings is 1. The lowest BCUT2D eigenvalue weighted by Gasteiger charge is -2.20. The third kappa shape index (κ3) is 4.62. The molecule has 3 amide bonds. The zero-order chi connectivity index (χ0) is 18.4. The molecule has 0 spiro atoms. The second kappa shape index (κ2) is 8.51. The number of carbonyl (C=O) groups excluding carboxylic acids is 3. The van der Waals surface area contributed by atoms with E-state index in [0.717, 1.165) is 42.1 Å². The Labute approximate surface area is 151 Å². The highest BCUT2D eigenvalue weighted by molar-refractivity contribution is 5.90. The van der Waals surface area contributed by atoms with Crippen LogP contribution in [-0.4, -0.2) is 29.3 Å². The second-order valence-corrected chi connectivity index (χ2v) is 6.69. The standard InChI is InChI=1S/C19H24N4O3/c24-17(10-14-11-20-16-9-5-4-8-15(14)16)22-23-18(25)12-21-19(26)13-6-2-1-3-7-13/h4-5,8-9,11,13,20H,1-3,6-7,10,12H2,(H,21,26)(H,22,24)(H,23,25). The fraction of sp³-hybridized carbons (Fsp3) is 0.421. The maximum atomic E-state index is 12.0. The van der Waals surface area contributed by atoms with Gasteiger partial charge in [0.05, 0.1) is 13.0 Å². The van der Waals surface area contributed by atoms with Crippen LogP contribution in [0.2, 0.25) is 0 Å². The van der Waals surface area contributed by atoms with Crippen molar-refractivity contribution in [2.75, 3.05) is 6.54 Å². The predicted molar refractivity (Wildman–Crippen MR) is 97.9 cm³/mol. The molecule has 0 radical (unpaired) electrons. The number of aromatic amines is 1. The summed E-state index contributed by atoms with van der Waals surface area (Å²) in [4.78, 5) is 38.9. The van der Waals surface area contributed by atoms with Gasteiger partial charge >= 0.3 is 0 Å². The molecule has 0 unspecified atom stereocenters. The molecule has 4 N–H and O–H groups in total. The molecule has 1 aliphatic rings. The molecule has 0 bridgehead atoms. The van der Waals surface area contributed by atoms with E-state index in [0.29, 0.717) is 0 Å². The van der Waals surface area contributed by atoms with Crippen LogP contribution in [0.3, 0.4) is 0 Å². The van der Waals surface area contributed by atoms with E-state index >= 15 is 0 Å². The monoisotopic (exact) mass is 356 g/mol. The molecule has 0 saturated heterocycles. The minimum atomic E-state index is -0.443. The van der Waals surface area contributed by atoms with Crippen LogP contribution >= 0.6 is 0 Å². The summed E-state index contributed by atoms with van der Waals surface area (Å²) in [6.07, 6.45) is 7.01. The van der Waals surface area contributed by atoms with E-state index in [1.165, 1.54) is 6.42 Å². The lowest BCUT2D eigenvalue weighted by Crippen LogP contribution is -2.47. The van der Waals surface area contributed by atoms with Crippen molar-refractivity contribution in [1.82, 2.24) is 21.2 Å². The van der Waals surface area contributed by atoms with E-state index in [9.17, 15) is 14.4 Å². The molecule has 26 heavy (non-hydrogen) atoms. The zero-order valence-corrected chi connectivity index (χ0v) is 14.6. The normalized spacial score (nSPS) is 14.8. The SMILES string of the molecule is O=C(CNC(=O)C1CCCCC1)NNC(=O)Cc1c[nH]c2ccccc12. The molecule has 1 heterocycles. The molecule has 1 aliphatic carbocycles. The van der Waals surface area contributed by atoms with Gasteiger partial charge in [0.15, 0.2) is 0 Å². The van der Waals surface area contributed by atoms with Crippen LogP contribution in [0.4, 0.5) is 0 Å². The van der Waals surface area contributed by atoms with Gasteiger partial charge in [-0.05, 0) is 24.5 Å².